The van der Waals surface area contributed by atoms with Crippen LogP contribution in [0.3, 0.4) is 0 Å². The summed E-state index contributed by atoms with van der Waals surface area (Å²) >= 11 is 1.50. The molecular weight excluding hydrogens is 382 g/mol. The summed E-state index contributed by atoms with van der Waals surface area (Å²) in [4.78, 5) is 22.1. The molecule has 0 bridgehead atoms. The molecule has 2 aliphatic heterocycles. The van der Waals surface area contributed by atoms with Crippen molar-refractivity contribution in [2.24, 2.45) is 0 Å². The Morgan fingerprint density at radius 3 is 2.55 bits per heavy atom. The molecule has 29 heavy (non-hydrogen) atoms. The van der Waals surface area contributed by atoms with Gasteiger partial charge in [0.15, 0.2) is 0 Å². The van der Waals surface area contributed by atoms with Gasteiger partial charge in [0.1, 0.15) is 10.7 Å². The van der Waals surface area contributed by atoms with Gasteiger partial charge in [-0.05, 0) is 50.9 Å². The van der Waals surface area contributed by atoms with Gasteiger partial charge < -0.3 is 9.80 Å². The van der Waals surface area contributed by atoms with Crippen LogP contribution < -0.4 is 0 Å². The normalized spacial score (nSPS) is 18.4. The van der Waals surface area contributed by atoms with Gasteiger partial charge in [0, 0.05) is 36.3 Å². The Balaban J connectivity index is 1.24. The topological polar surface area (TPSA) is 54.3 Å². The van der Waals surface area contributed by atoms with E-state index in [0.717, 1.165) is 42.2 Å². The van der Waals surface area contributed by atoms with Crippen LogP contribution in [0.5, 0.6) is 0 Å². The van der Waals surface area contributed by atoms with Crippen molar-refractivity contribution in [2.75, 3.05) is 26.2 Å². The van der Waals surface area contributed by atoms with Crippen LogP contribution in [-0.2, 0) is 0 Å². The minimum absolute atomic E-state index is 0.0582. The van der Waals surface area contributed by atoms with Crippen LogP contribution in [0.4, 0.5) is 0 Å². The molecule has 150 valence electrons. The Kier molecular flexibility index (Phi) is 5.16. The van der Waals surface area contributed by atoms with Crippen molar-refractivity contribution in [3.8, 4) is 16.3 Å². The lowest BCUT2D eigenvalue weighted by molar-refractivity contribution is 0.0639. The lowest BCUT2D eigenvalue weighted by Gasteiger charge is -2.36. The van der Waals surface area contributed by atoms with Gasteiger partial charge in [0.25, 0.3) is 5.91 Å². The number of carbonyl (C=O) groups is 1. The van der Waals surface area contributed by atoms with E-state index in [1.165, 1.54) is 37.3 Å². The van der Waals surface area contributed by atoms with Crippen LogP contribution in [0.2, 0.25) is 0 Å². The molecular formula is C22H25N5OS. The SMILES string of the molecule is O=C(c1csc(-c2cnn(-c3ccccc3)c2)n1)N1CCC(N2CCCC2)CC1. The van der Waals surface area contributed by atoms with Gasteiger partial charge in [-0.3, -0.25) is 4.79 Å². The van der Waals surface area contributed by atoms with E-state index in [-0.39, 0.29) is 5.91 Å². The van der Waals surface area contributed by atoms with Crippen LogP contribution in [-0.4, -0.2) is 62.7 Å². The molecule has 0 unspecified atom stereocenters. The van der Waals surface area contributed by atoms with Crippen molar-refractivity contribution in [2.45, 2.75) is 31.7 Å². The maximum atomic E-state index is 12.9. The molecule has 2 aromatic heterocycles. The molecule has 0 aliphatic carbocycles. The molecule has 5 rings (SSSR count). The molecule has 3 aromatic rings. The molecule has 2 fully saturated rings. The molecule has 1 amide bonds. The summed E-state index contributed by atoms with van der Waals surface area (Å²) in [5.74, 6) is 0.0582. The average Bonchev–Trinajstić information content (AvgIpc) is 3.55. The van der Waals surface area contributed by atoms with Crippen molar-refractivity contribution in [1.29, 1.82) is 0 Å². The number of aromatic nitrogens is 3. The Hall–Kier alpha value is -2.51. The second-order valence-electron chi connectivity index (χ2n) is 7.81. The standard InChI is InChI=1S/C22H25N5OS/c28-22(26-12-8-18(9-13-26)25-10-4-5-11-25)20-16-29-21(24-20)17-14-23-27(15-17)19-6-2-1-3-7-19/h1-3,6-7,14-16,18H,4-5,8-13H2. The molecule has 2 aliphatic rings. The number of carbonyl (C=O) groups excluding carboxylic acids is 1. The lowest BCUT2D eigenvalue weighted by Crippen LogP contribution is -2.46. The van der Waals surface area contributed by atoms with Gasteiger partial charge in [-0.25, -0.2) is 9.67 Å². The third-order valence-corrected chi connectivity index (χ3v) is 6.87. The zero-order valence-electron chi connectivity index (χ0n) is 16.4. The number of amides is 1. The first-order chi connectivity index (χ1) is 14.3. The molecule has 0 spiro atoms. The summed E-state index contributed by atoms with van der Waals surface area (Å²) < 4.78 is 1.83. The third kappa shape index (κ3) is 3.84. The van der Waals surface area contributed by atoms with E-state index in [1.807, 2.05) is 57.7 Å². The summed E-state index contributed by atoms with van der Waals surface area (Å²) in [6.45, 7) is 4.12. The average molecular weight is 408 g/mol. The van der Waals surface area contributed by atoms with Crippen LogP contribution in [0.1, 0.15) is 36.2 Å². The molecule has 1 aromatic carbocycles. The van der Waals surface area contributed by atoms with E-state index in [1.54, 1.807) is 0 Å². The van der Waals surface area contributed by atoms with E-state index in [0.29, 0.717) is 11.7 Å². The molecule has 2 saturated heterocycles. The largest absolute Gasteiger partial charge is 0.337 e. The smallest absolute Gasteiger partial charge is 0.273 e. The molecule has 0 radical (unpaired) electrons. The summed E-state index contributed by atoms with van der Waals surface area (Å²) in [7, 11) is 0. The van der Waals surface area contributed by atoms with Crippen LogP contribution in [0, 0.1) is 0 Å². The second kappa shape index (κ2) is 8.08. The van der Waals surface area contributed by atoms with Gasteiger partial charge in [-0.15, -0.1) is 11.3 Å². The Morgan fingerprint density at radius 2 is 1.79 bits per heavy atom. The zero-order valence-corrected chi connectivity index (χ0v) is 17.2. The minimum Gasteiger partial charge on any atom is -0.337 e. The number of likely N-dealkylation sites (tertiary alicyclic amines) is 2. The van der Waals surface area contributed by atoms with Crippen LogP contribution >= 0.6 is 11.3 Å². The highest BCUT2D eigenvalue weighted by molar-refractivity contribution is 7.13. The van der Waals surface area contributed by atoms with Gasteiger partial charge >= 0.3 is 0 Å². The van der Waals surface area contributed by atoms with Crippen molar-refractivity contribution in [3.63, 3.8) is 0 Å². The summed E-state index contributed by atoms with van der Waals surface area (Å²) in [6, 6.07) is 10.6. The van der Waals surface area contributed by atoms with Crippen molar-refractivity contribution in [1.82, 2.24) is 24.6 Å². The maximum absolute atomic E-state index is 12.9. The predicted molar refractivity (Wildman–Crippen MR) is 114 cm³/mol. The highest BCUT2D eigenvalue weighted by Crippen LogP contribution is 2.26. The third-order valence-electron chi connectivity index (χ3n) is 5.98. The first-order valence-corrected chi connectivity index (χ1v) is 11.3. The van der Waals surface area contributed by atoms with Gasteiger partial charge in [0.2, 0.25) is 0 Å². The van der Waals surface area contributed by atoms with Crippen molar-refractivity contribution in [3.05, 3.63) is 53.8 Å². The fraction of sp³-hybridized carbons (Fsp3) is 0.409. The van der Waals surface area contributed by atoms with E-state index < -0.39 is 0 Å². The van der Waals surface area contributed by atoms with E-state index in [4.69, 9.17) is 0 Å². The van der Waals surface area contributed by atoms with Crippen LogP contribution in [0.25, 0.3) is 16.3 Å². The van der Waals surface area contributed by atoms with Crippen molar-refractivity contribution >= 4 is 17.2 Å². The van der Waals surface area contributed by atoms with Gasteiger partial charge in [-0.1, -0.05) is 18.2 Å². The highest BCUT2D eigenvalue weighted by atomic mass is 32.1. The number of para-hydroxylation sites is 1. The summed E-state index contributed by atoms with van der Waals surface area (Å²) in [5, 5.41) is 7.15. The molecule has 0 atom stereocenters. The first kappa shape index (κ1) is 18.5. The number of hydrogen-bond acceptors (Lipinski definition) is 5. The lowest BCUT2D eigenvalue weighted by atomic mass is 10.0. The van der Waals surface area contributed by atoms with Crippen LogP contribution in [0.15, 0.2) is 48.1 Å². The number of rotatable bonds is 4. The molecule has 0 N–H and O–H groups in total. The molecule has 0 saturated carbocycles. The summed E-state index contributed by atoms with van der Waals surface area (Å²) in [6.07, 6.45) is 8.56. The number of hydrogen-bond donors (Lipinski definition) is 0. The Bertz CT molecular complexity index is 968. The van der Waals surface area contributed by atoms with E-state index in [9.17, 15) is 4.79 Å². The second-order valence-corrected chi connectivity index (χ2v) is 8.67. The number of benzene rings is 1. The van der Waals surface area contributed by atoms with E-state index >= 15 is 0 Å². The summed E-state index contributed by atoms with van der Waals surface area (Å²) in [5.41, 5.74) is 2.50. The Morgan fingerprint density at radius 1 is 1.03 bits per heavy atom. The highest BCUT2D eigenvalue weighted by Gasteiger charge is 2.29. The number of piperidine rings is 1. The molecule has 6 nitrogen and oxygen atoms in total. The number of thiazole rings is 1. The van der Waals surface area contributed by atoms with Crippen molar-refractivity contribution < 1.29 is 4.79 Å². The number of nitrogens with zero attached hydrogens (tertiary/aromatic N) is 5. The molecule has 7 heteroatoms. The van der Waals surface area contributed by atoms with Gasteiger partial charge in [0.05, 0.1) is 11.9 Å². The minimum atomic E-state index is 0.0582. The molecule has 4 heterocycles. The first-order valence-electron chi connectivity index (χ1n) is 10.4. The zero-order chi connectivity index (χ0) is 19.6. The monoisotopic (exact) mass is 407 g/mol. The van der Waals surface area contributed by atoms with Gasteiger partial charge in [-0.2, -0.15) is 5.10 Å². The fourth-order valence-electron chi connectivity index (χ4n) is 4.36. The predicted octanol–water partition coefficient (Wildman–Crippen LogP) is 3.70. The Labute approximate surface area is 174 Å². The fourth-order valence-corrected chi connectivity index (χ4v) is 5.13. The van der Waals surface area contributed by atoms with E-state index in [2.05, 4.69) is 15.0 Å². The quantitative estimate of drug-likeness (QED) is 0.662. The maximum Gasteiger partial charge on any atom is 0.273 e.